The molecule has 0 aliphatic rings. The van der Waals surface area contributed by atoms with Crippen LogP contribution in [0.25, 0.3) is 10.8 Å². The van der Waals surface area contributed by atoms with Gasteiger partial charge in [0.2, 0.25) is 0 Å². The Bertz CT molecular complexity index is 526. The first-order chi connectivity index (χ1) is 7.43. The second-order valence-electron chi connectivity index (χ2n) is 4.99. The maximum absolute atomic E-state index is 2.32. The fourth-order valence-corrected chi connectivity index (χ4v) is 2.55. The molecule has 0 aliphatic heterocycles. The molecule has 2 rings (SSSR count). The van der Waals surface area contributed by atoms with Gasteiger partial charge in [-0.05, 0) is 85.7 Å². The molecule has 0 spiro atoms. The first-order valence-corrected chi connectivity index (χ1v) is 5.90. The van der Waals surface area contributed by atoms with Gasteiger partial charge in [-0.1, -0.05) is 12.1 Å². The van der Waals surface area contributed by atoms with E-state index in [0.717, 1.165) is 0 Å². The molecule has 0 radical (unpaired) electrons. The van der Waals surface area contributed by atoms with Gasteiger partial charge in [-0.15, -0.1) is 0 Å². The van der Waals surface area contributed by atoms with Crippen molar-refractivity contribution in [1.82, 2.24) is 0 Å². The summed E-state index contributed by atoms with van der Waals surface area (Å²) in [6, 6.07) is 4.63. The van der Waals surface area contributed by atoms with Gasteiger partial charge in [0.05, 0.1) is 0 Å². The molecule has 0 nitrogen and oxygen atoms in total. The predicted octanol–water partition coefficient (Wildman–Crippen LogP) is 4.69. The zero-order chi connectivity index (χ0) is 12.0. The fourth-order valence-electron chi connectivity index (χ4n) is 2.55. The van der Waals surface area contributed by atoms with Gasteiger partial charge in [-0.3, -0.25) is 0 Å². The van der Waals surface area contributed by atoms with Gasteiger partial charge >= 0.3 is 0 Å². The van der Waals surface area contributed by atoms with E-state index in [-0.39, 0.29) is 0 Å². The third-order valence-corrected chi connectivity index (χ3v) is 4.09. The molecule has 84 valence electrons. The molecule has 16 heavy (non-hydrogen) atoms. The molecular weight excluding hydrogens is 192 g/mol. The summed E-state index contributed by atoms with van der Waals surface area (Å²) in [7, 11) is 0. The monoisotopic (exact) mass is 212 g/mol. The van der Waals surface area contributed by atoms with Crippen LogP contribution in [0.5, 0.6) is 0 Å². The van der Waals surface area contributed by atoms with Gasteiger partial charge < -0.3 is 0 Å². The minimum atomic E-state index is 1.39. The van der Waals surface area contributed by atoms with Crippen LogP contribution in [-0.2, 0) is 0 Å². The first kappa shape index (κ1) is 11.2. The van der Waals surface area contributed by atoms with Crippen molar-refractivity contribution >= 4 is 10.8 Å². The van der Waals surface area contributed by atoms with Gasteiger partial charge in [0.25, 0.3) is 0 Å². The molecule has 0 aliphatic carbocycles. The van der Waals surface area contributed by atoms with E-state index in [1.807, 2.05) is 0 Å². The van der Waals surface area contributed by atoms with Crippen LogP contribution in [0.3, 0.4) is 0 Å². The number of benzene rings is 2. The predicted molar refractivity (Wildman–Crippen MR) is 72.4 cm³/mol. The van der Waals surface area contributed by atoms with Crippen molar-refractivity contribution in [3.63, 3.8) is 0 Å². The van der Waals surface area contributed by atoms with Crippen molar-refractivity contribution in [3.8, 4) is 0 Å². The summed E-state index contributed by atoms with van der Waals surface area (Å²) in [5.74, 6) is 0. The second-order valence-corrected chi connectivity index (χ2v) is 4.99. The van der Waals surface area contributed by atoms with E-state index in [2.05, 4.69) is 53.7 Å². The molecule has 0 saturated heterocycles. The van der Waals surface area contributed by atoms with Gasteiger partial charge in [-0.25, -0.2) is 0 Å². The molecule has 0 fully saturated rings. The van der Waals surface area contributed by atoms with E-state index in [4.69, 9.17) is 0 Å². The Morgan fingerprint density at radius 2 is 0.938 bits per heavy atom. The van der Waals surface area contributed by atoms with Gasteiger partial charge in [0, 0.05) is 0 Å². The van der Waals surface area contributed by atoms with Crippen molar-refractivity contribution in [2.75, 3.05) is 0 Å². The highest BCUT2D eigenvalue weighted by Crippen LogP contribution is 2.30. The summed E-state index contributed by atoms with van der Waals surface area (Å²) < 4.78 is 0. The molecule has 0 heteroatoms. The molecule has 0 bridgehead atoms. The van der Waals surface area contributed by atoms with E-state index in [0.29, 0.717) is 0 Å². The van der Waals surface area contributed by atoms with Gasteiger partial charge in [0.15, 0.2) is 0 Å². The maximum Gasteiger partial charge on any atom is -0.0120 e. The smallest absolute Gasteiger partial charge is 0.0120 e. The molecule has 0 aromatic heterocycles. The fraction of sp³-hybridized carbons (Fsp3) is 0.375. The zero-order valence-corrected chi connectivity index (χ0v) is 11.2. The standard InChI is InChI=1S/C16H20/c1-9-7-15-8-10(2)12(4)14(6)16(15)13(5)11(9)3/h7-8H,1-6H3. The number of rotatable bonds is 0. The Morgan fingerprint density at radius 3 is 1.31 bits per heavy atom. The Morgan fingerprint density at radius 1 is 0.562 bits per heavy atom. The topological polar surface area (TPSA) is 0 Å². The summed E-state index contributed by atoms with van der Waals surface area (Å²) in [6.45, 7) is 13.3. The summed E-state index contributed by atoms with van der Waals surface area (Å²) >= 11 is 0. The highest BCUT2D eigenvalue weighted by Gasteiger charge is 2.09. The van der Waals surface area contributed by atoms with E-state index in [1.165, 1.54) is 44.2 Å². The lowest BCUT2D eigenvalue weighted by atomic mass is 9.90. The average Bonchev–Trinajstić information content (AvgIpc) is 2.23. The van der Waals surface area contributed by atoms with E-state index in [9.17, 15) is 0 Å². The summed E-state index contributed by atoms with van der Waals surface area (Å²) in [4.78, 5) is 0. The number of fused-ring (bicyclic) bond motifs is 1. The van der Waals surface area contributed by atoms with Crippen molar-refractivity contribution < 1.29 is 0 Å². The highest BCUT2D eigenvalue weighted by atomic mass is 14.1. The van der Waals surface area contributed by atoms with Crippen LogP contribution in [0.15, 0.2) is 12.1 Å². The average molecular weight is 212 g/mol. The van der Waals surface area contributed by atoms with Crippen molar-refractivity contribution in [1.29, 1.82) is 0 Å². The van der Waals surface area contributed by atoms with Crippen molar-refractivity contribution in [2.24, 2.45) is 0 Å². The molecule has 0 atom stereocenters. The molecule has 2 aromatic carbocycles. The third kappa shape index (κ3) is 1.44. The SMILES string of the molecule is Cc1cc2cc(C)c(C)c(C)c2c(C)c1C. The van der Waals surface area contributed by atoms with Crippen LogP contribution in [0.4, 0.5) is 0 Å². The minimum absolute atomic E-state index is 1.39. The summed E-state index contributed by atoms with van der Waals surface area (Å²) in [6.07, 6.45) is 0. The largest absolute Gasteiger partial charge is 0.0511 e. The molecule has 0 heterocycles. The molecular formula is C16H20. The highest BCUT2D eigenvalue weighted by molar-refractivity contribution is 5.92. The second kappa shape index (κ2) is 3.62. The van der Waals surface area contributed by atoms with Crippen LogP contribution < -0.4 is 0 Å². The Labute approximate surface area is 98.3 Å². The Kier molecular flexibility index (Phi) is 2.53. The van der Waals surface area contributed by atoms with Crippen LogP contribution in [0.2, 0.25) is 0 Å². The number of hydrogen-bond acceptors (Lipinski definition) is 0. The molecule has 0 saturated carbocycles. The van der Waals surface area contributed by atoms with E-state index >= 15 is 0 Å². The molecule has 0 unspecified atom stereocenters. The maximum atomic E-state index is 2.32. The van der Waals surface area contributed by atoms with E-state index < -0.39 is 0 Å². The van der Waals surface area contributed by atoms with Crippen molar-refractivity contribution in [2.45, 2.75) is 41.5 Å². The molecule has 0 amide bonds. The van der Waals surface area contributed by atoms with Crippen LogP contribution in [0.1, 0.15) is 33.4 Å². The first-order valence-electron chi connectivity index (χ1n) is 5.90. The lowest BCUT2D eigenvalue weighted by Gasteiger charge is -2.15. The Balaban J connectivity index is 3.03. The normalized spacial score (nSPS) is 11.1. The molecule has 0 N–H and O–H groups in total. The van der Waals surface area contributed by atoms with Crippen LogP contribution >= 0.6 is 0 Å². The lowest BCUT2D eigenvalue weighted by molar-refractivity contribution is 1.25. The minimum Gasteiger partial charge on any atom is -0.0511 e. The zero-order valence-electron chi connectivity index (χ0n) is 11.2. The van der Waals surface area contributed by atoms with Gasteiger partial charge in [0.1, 0.15) is 0 Å². The third-order valence-electron chi connectivity index (χ3n) is 4.09. The van der Waals surface area contributed by atoms with E-state index in [1.54, 1.807) is 0 Å². The number of hydrogen-bond donors (Lipinski definition) is 0. The van der Waals surface area contributed by atoms with Crippen LogP contribution in [0, 0.1) is 41.5 Å². The molecule has 2 aromatic rings. The number of aryl methyl sites for hydroxylation is 4. The summed E-state index contributed by atoms with van der Waals surface area (Å²) in [5.41, 5.74) is 8.53. The summed E-state index contributed by atoms with van der Waals surface area (Å²) in [5, 5.41) is 2.84. The van der Waals surface area contributed by atoms with Gasteiger partial charge in [-0.2, -0.15) is 0 Å². The van der Waals surface area contributed by atoms with Crippen molar-refractivity contribution in [3.05, 3.63) is 45.5 Å². The quantitative estimate of drug-likeness (QED) is 0.594. The Hall–Kier alpha value is -1.30. The van der Waals surface area contributed by atoms with Crippen LogP contribution in [-0.4, -0.2) is 0 Å². The lowest BCUT2D eigenvalue weighted by Crippen LogP contribution is -1.95.